The standard InChI is InChI=1S/C21H22N2O2.C21H24N2O.C12H15NO.C12H18O4S.C12H16O3.C11H14O3.C11H16O2/c1-3-15(17-10-4-5-12-19(17)25-2)14-20(24)23-18-11-6-8-16-9-7-13-22-21(16)18;1-3-16(18-10-4-5-12-20(18)24-2)13-15-22-19-11-6-8-17-9-7-14-23-21(17)19;1-3-10(8-9-13)11-6-4-5-7-12(11)14-2;1-4-10(9-16-17(3,13)14)11-7-5-6-8-12(11)15-2;1-3-9(8-12(13)14)10-6-4-5-7-11(10)15-2;1-3-8(11(12)13)9-6-4-5-7-10(9)14-2;1-3-9(8-12)10-6-4-5-7-11(10)13-2/h4-13,15H,3,14H2,1-2H3,(H,23,24);4-12,14,16,22H,3,13,15H2,1-2H3;4-7,10H,3,8H2,1-2H3;5-8,10H,4,9H2,1-3H3;4-7,9H,3,8H2,1-2H3,(H,13,14);4-8H,3H2,1-2H3,(H,12,13);4-7,9,12H,3,8H2,1-2H3. The molecule has 0 radical (unpaired) electrons. The van der Waals surface area contributed by atoms with E-state index in [1.807, 2.05) is 209 Å². The average Bonchev–Trinajstić information content (AvgIpc) is 0.788. The Morgan fingerprint density at radius 3 is 1.08 bits per heavy atom. The van der Waals surface area contributed by atoms with Crippen molar-refractivity contribution in [1.29, 1.82) is 5.26 Å². The number of nitriles is 1. The van der Waals surface area contributed by atoms with Gasteiger partial charge in [-0.25, -0.2) is 0 Å². The number of benzene rings is 9. The van der Waals surface area contributed by atoms with Crippen LogP contribution < -0.4 is 43.8 Å². The zero-order valence-electron chi connectivity index (χ0n) is 73.4. The highest BCUT2D eigenvalue weighted by Crippen LogP contribution is 2.37. The van der Waals surface area contributed by atoms with Crippen LogP contribution in [0.4, 0.5) is 11.4 Å². The summed E-state index contributed by atoms with van der Waals surface area (Å²) in [6, 6.07) is 76.5. The molecule has 22 heteroatoms. The predicted octanol–water partition coefficient (Wildman–Crippen LogP) is 22.4. The number of carboxylic acids is 2. The molecule has 0 fully saturated rings. The van der Waals surface area contributed by atoms with Crippen LogP contribution in [0.3, 0.4) is 0 Å². The Kier molecular flexibility index (Phi) is 45.9. The number of nitrogens with one attached hydrogen (secondary N) is 2. The van der Waals surface area contributed by atoms with E-state index in [1.165, 1.54) is 10.9 Å². The summed E-state index contributed by atoms with van der Waals surface area (Å²) >= 11 is 0. The number of carboxylic acid groups (broad SMARTS) is 2. The molecule has 0 spiro atoms. The first-order chi connectivity index (χ1) is 59.1. The number of carbonyl (C=O) groups excluding carboxylic acids is 1. The number of methoxy groups -OCH3 is 7. The van der Waals surface area contributed by atoms with Crippen molar-refractivity contribution in [1.82, 2.24) is 9.97 Å². The summed E-state index contributed by atoms with van der Waals surface area (Å²) in [5.74, 6) is 4.77. The van der Waals surface area contributed by atoms with Gasteiger partial charge >= 0.3 is 11.9 Å². The normalized spacial score (nSPS) is 12.3. The number of hydrogen-bond acceptors (Lipinski definition) is 18. The Morgan fingerprint density at radius 2 is 0.730 bits per heavy atom. The number of amides is 1. The second-order valence-corrected chi connectivity index (χ2v) is 30.1. The lowest BCUT2D eigenvalue weighted by molar-refractivity contribution is -0.139. The minimum atomic E-state index is -3.40. The Labute approximate surface area is 722 Å². The maximum absolute atomic E-state index is 12.6. The highest BCUT2D eigenvalue weighted by Gasteiger charge is 2.24. The molecule has 1 amide bonds. The molecule has 0 aliphatic carbocycles. The highest BCUT2D eigenvalue weighted by atomic mass is 32.2. The fraction of sp³-hybridized carbons (Fsp3) is 0.360. The van der Waals surface area contributed by atoms with E-state index in [9.17, 15) is 22.8 Å². The number of pyridine rings is 2. The topological polar surface area (TPSA) is 294 Å². The van der Waals surface area contributed by atoms with E-state index in [0.29, 0.717) is 30.9 Å². The minimum Gasteiger partial charge on any atom is -0.496 e. The van der Waals surface area contributed by atoms with E-state index >= 15 is 0 Å². The molecule has 0 saturated heterocycles. The fourth-order valence-corrected chi connectivity index (χ4v) is 14.6. The number of hydrogen-bond donors (Lipinski definition) is 5. The molecule has 2 aromatic heterocycles. The number of carbonyl (C=O) groups is 3. The molecule has 0 saturated carbocycles. The second-order valence-electron chi connectivity index (χ2n) is 28.5. The molecule has 0 aliphatic rings. The van der Waals surface area contributed by atoms with Gasteiger partial charge in [0.1, 0.15) is 40.2 Å². The van der Waals surface area contributed by atoms with Crippen LogP contribution in [0.1, 0.15) is 199 Å². The summed E-state index contributed by atoms with van der Waals surface area (Å²) in [6.07, 6.45) is 12.8. The molecule has 9 aromatic carbocycles. The highest BCUT2D eigenvalue weighted by molar-refractivity contribution is 7.86. The number of rotatable bonds is 36. The van der Waals surface area contributed by atoms with Gasteiger partial charge in [0.2, 0.25) is 5.91 Å². The van der Waals surface area contributed by atoms with Crippen molar-refractivity contribution in [3.8, 4) is 46.3 Å². The van der Waals surface area contributed by atoms with E-state index < -0.39 is 28.0 Å². The van der Waals surface area contributed by atoms with E-state index in [0.717, 1.165) is 153 Å². The van der Waals surface area contributed by atoms with Crippen molar-refractivity contribution in [2.75, 3.05) is 86.4 Å². The lowest BCUT2D eigenvalue weighted by Gasteiger charge is -2.19. The smallest absolute Gasteiger partial charge is 0.311 e. The Hall–Kier alpha value is -12.0. The minimum absolute atomic E-state index is 0.0147. The zero-order chi connectivity index (χ0) is 89.2. The quantitative estimate of drug-likeness (QED) is 0.0228. The van der Waals surface area contributed by atoms with Crippen molar-refractivity contribution < 1.29 is 75.5 Å². The van der Waals surface area contributed by atoms with Crippen molar-refractivity contribution in [3.05, 3.63) is 282 Å². The fourth-order valence-electron chi connectivity index (χ4n) is 14.2. The van der Waals surface area contributed by atoms with Gasteiger partial charge < -0.3 is 59.1 Å². The average molecular weight is 1690 g/mol. The van der Waals surface area contributed by atoms with Gasteiger partial charge in [0.15, 0.2) is 0 Å². The van der Waals surface area contributed by atoms with Crippen molar-refractivity contribution in [3.63, 3.8) is 0 Å². The van der Waals surface area contributed by atoms with Gasteiger partial charge in [-0.3, -0.25) is 28.5 Å². The van der Waals surface area contributed by atoms with E-state index in [1.54, 1.807) is 68.1 Å². The predicted molar refractivity (Wildman–Crippen MR) is 490 cm³/mol. The number of aliphatic hydroxyl groups is 1. The summed E-state index contributed by atoms with van der Waals surface area (Å²) in [4.78, 5) is 43.1. The van der Waals surface area contributed by atoms with Gasteiger partial charge in [-0.05, 0) is 169 Å². The molecule has 2 heterocycles. The number of ether oxygens (including phenoxy) is 7. The zero-order valence-corrected chi connectivity index (χ0v) is 74.3. The third-order valence-electron chi connectivity index (χ3n) is 20.9. The van der Waals surface area contributed by atoms with Crippen molar-refractivity contribution in [2.45, 2.75) is 161 Å². The maximum Gasteiger partial charge on any atom is 0.311 e. The van der Waals surface area contributed by atoms with Gasteiger partial charge in [0, 0.05) is 65.9 Å². The number of para-hydroxylation sites is 9. The summed E-state index contributed by atoms with van der Waals surface area (Å²) in [7, 11) is 8.08. The molecule has 11 aromatic rings. The molecule has 7 atom stereocenters. The third-order valence-corrected chi connectivity index (χ3v) is 21.5. The Morgan fingerprint density at radius 1 is 0.402 bits per heavy atom. The summed E-state index contributed by atoms with van der Waals surface area (Å²) in [6.45, 7) is 15.5. The van der Waals surface area contributed by atoms with Gasteiger partial charge in [0.05, 0.1) is 110 Å². The first-order valence-electron chi connectivity index (χ1n) is 41.5. The van der Waals surface area contributed by atoms with Crippen LogP contribution in [-0.4, -0.2) is 127 Å². The number of aromatic nitrogens is 2. The van der Waals surface area contributed by atoms with Crippen LogP contribution in [-0.2, 0) is 28.7 Å². The van der Waals surface area contributed by atoms with Crippen molar-refractivity contribution >= 4 is 61.1 Å². The summed E-state index contributed by atoms with van der Waals surface area (Å²) in [5.41, 5.74) is 11.0. The van der Waals surface area contributed by atoms with Crippen LogP contribution in [0.25, 0.3) is 21.8 Å². The third kappa shape index (κ3) is 32.2. The molecule has 122 heavy (non-hydrogen) atoms. The number of anilines is 2. The molecule has 7 unspecified atom stereocenters. The Bertz CT molecular complexity index is 5060. The molecule has 5 N–H and O–H groups in total. The molecule has 0 bridgehead atoms. The van der Waals surface area contributed by atoms with Crippen molar-refractivity contribution in [2.24, 2.45) is 0 Å². The van der Waals surface area contributed by atoms with Gasteiger partial charge in [0.25, 0.3) is 10.1 Å². The summed E-state index contributed by atoms with van der Waals surface area (Å²) in [5, 5.41) is 44.4. The Balaban J connectivity index is 0.000000257. The molecule has 11 rings (SSSR count). The van der Waals surface area contributed by atoms with Crippen LogP contribution in [0.5, 0.6) is 40.2 Å². The van der Waals surface area contributed by atoms with Gasteiger partial charge in [-0.15, -0.1) is 0 Å². The molecule has 21 nitrogen and oxygen atoms in total. The van der Waals surface area contributed by atoms with E-state index in [4.69, 9.17) is 57.9 Å². The number of aliphatic carboxylic acids is 2. The molecular weight excluding hydrogens is 1560 g/mol. The molecule has 652 valence electrons. The van der Waals surface area contributed by atoms with Gasteiger partial charge in [-0.2, -0.15) is 13.7 Å². The molecular formula is C100H125N5O16S. The SMILES string of the molecule is CCC(C(=O)O)c1ccccc1OC.CCC(CC#N)c1ccccc1OC.CCC(CC(=O)Nc1cccc2cccnc12)c1ccccc1OC.CCC(CC(=O)O)c1ccccc1OC.CCC(CCNc1cccc2cccnc12)c1ccccc1OC.CCC(CO)c1ccccc1OC.CCC(COS(C)(=O)=O)c1ccccc1OC. The lowest BCUT2D eigenvalue weighted by Crippen LogP contribution is -2.16. The van der Waals surface area contributed by atoms with Crippen LogP contribution in [0, 0.1) is 11.3 Å². The second kappa shape index (κ2) is 55.7. The van der Waals surface area contributed by atoms with Crippen LogP contribution in [0.2, 0.25) is 0 Å². The van der Waals surface area contributed by atoms with Gasteiger partial charge in [-0.1, -0.05) is 212 Å². The first kappa shape index (κ1) is 101. The number of aliphatic hydroxyl groups excluding tert-OH is 1. The lowest BCUT2D eigenvalue weighted by atomic mass is 9.92. The monoisotopic (exact) mass is 1680 g/mol. The first-order valence-corrected chi connectivity index (χ1v) is 43.3. The van der Waals surface area contributed by atoms with Crippen LogP contribution in [0.15, 0.2) is 243 Å². The number of fused-ring (bicyclic) bond motifs is 2. The summed E-state index contributed by atoms with van der Waals surface area (Å²) < 4.78 is 63.9. The van der Waals surface area contributed by atoms with Crippen LogP contribution >= 0.6 is 0 Å². The van der Waals surface area contributed by atoms with E-state index in [2.05, 4.69) is 90.8 Å². The maximum atomic E-state index is 12.6. The van der Waals surface area contributed by atoms with E-state index in [-0.39, 0.29) is 55.1 Å². The molecule has 0 aliphatic heterocycles. The largest absolute Gasteiger partial charge is 0.496 e. The number of nitrogens with zero attached hydrogens (tertiary/aromatic N) is 3.